The Balaban J connectivity index is 3.22. The minimum Gasteiger partial charge on any atom is -0.487 e. The highest BCUT2D eigenvalue weighted by Crippen LogP contribution is 2.28. The molecule has 0 aliphatic rings. The molecule has 0 unspecified atom stereocenters. The molecule has 4 nitrogen and oxygen atoms in total. The van der Waals surface area contributed by atoms with Crippen LogP contribution in [0.4, 0.5) is 0 Å². The Morgan fingerprint density at radius 2 is 2.12 bits per heavy atom. The average molecular weight is 236 g/mol. The van der Waals surface area contributed by atoms with Crippen molar-refractivity contribution in [3.63, 3.8) is 0 Å². The number of hydrogen-bond donors (Lipinski definition) is 2. The van der Waals surface area contributed by atoms with Crippen LogP contribution in [0.5, 0.6) is 5.75 Å². The molecule has 0 aromatic heterocycles. The monoisotopic (exact) mass is 236 g/mol. The van der Waals surface area contributed by atoms with Crippen molar-refractivity contribution in [1.82, 2.24) is 0 Å². The quantitative estimate of drug-likeness (QED) is 0.365. The number of amidine groups is 1. The van der Waals surface area contributed by atoms with Gasteiger partial charge in [-0.1, -0.05) is 24.2 Å². The molecule has 0 saturated heterocycles. The lowest BCUT2D eigenvalue weighted by Gasteiger charge is -2.27. The Morgan fingerprint density at radius 1 is 1.47 bits per heavy atom. The van der Waals surface area contributed by atoms with Gasteiger partial charge in [-0.05, 0) is 38.8 Å². The molecular formula is C13H20N2O2. The molecule has 0 aliphatic heterocycles. The number of benzene rings is 1. The third-order valence-corrected chi connectivity index (χ3v) is 2.83. The van der Waals surface area contributed by atoms with Crippen molar-refractivity contribution in [3.05, 3.63) is 29.3 Å². The fourth-order valence-electron chi connectivity index (χ4n) is 1.39. The fraction of sp³-hybridized carbons (Fsp3) is 0.462. The van der Waals surface area contributed by atoms with Crippen molar-refractivity contribution in [2.75, 3.05) is 0 Å². The average Bonchev–Trinajstić information content (AvgIpc) is 2.30. The summed E-state index contributed by atoms with van der Waals surface area (Å²) in [5.74, 6) is 0.741. The van der Waals surface area contributed by atoms with Gasteiger partial charge in [0, 0.05) is 0 Å². The van der Waals surface area contributed by atoms with E-state index in [0.717, 1.165) is 12.0 Å². The van der Waals surface area contributed by atoms with Gasteiger partial charge in [0.1, 0.15) is 11.4 Å². The summed E-state index contributed by atoms with van der Waals surface area (Å²) in [6.07, 6.45) is 0.872. The Labute approximate surface area is 102 Å². The maximum atomic E-state index is 8.77. The van der Waals surface area contributed by atoms with Crippen molar-refractivity contribution in [2.45, 2.75) is 39.7 Å². The summed E-state index contributed by atoms with van der Waals surface area (Å²) in [5.41, 5.74) is 6.95. The summed E-state index contributed by atoms with van der Waals surface area (Å²) in [4.78, 5) is 0. The third-order valence-electron chi connectivity index (χ3n) is 2.83. The molecule has 0 saturated carbocycles. The summed E-state index contributed by atoms with van der Waals surface area (Å²) >= 11 is 0. The zero-order valence-electron chi connectivity index (χ0n) is 10.8. The number of nitrogens with two attached hydrogens (primary N) is 1. The van der Waals surface area contributed by atoms with Crippen molar-refractivity contribution < 1.29 is 9.94 Å². The second-order valence-corrected chi connectivity index (χ2v) is 4.65. The van der Waals surface area contributed by atoms with Crippen molar-refractivity contribution in [3.8, 4) is 5.75 Å². The molecule has 0 atom stereocenters. The lowest BCUT2D eigenvalue weighted by molar-refractivity contribution is 0.104. The zero-order valence-corrected chi connectivity index (χ0v) is 10.8. The van der Waals surface area contributed by atoms with Crippen molar-refractivity contribution in [1.29, 1.82) is 0 Å². The minimum absolute atomic E-state index is 0.0654. The third kappa shape index (κ3) is 3.12. The van der Waals surface area contributed by atoms with Crippen LogP contribution in [0.25, 0.3) is 0 Å². The molecular weight excluding hydrogens is 216 g/mol. The number of hydrogen-bond acceptors (Lipinski definition) is 3. The van der Waals surface area contributed by atoms with E-state index < -0.39 is 0 Å². The van der Waals surface area contributed by atoms with Crippen LogP contribution in [0.2, 0.25) is 0 Å². The van der Waals surface area contributed by atoms with Crippen LogP contribution in [-0.2, 0) is 0 Å². The van der Waals surface area contributed by atoms with E-state index in [1.54, 1.807) is 6.07 Å². The van der Waals surface area contributed by atoms with E-state index in [9.17, 15) is 0 Å². The molecule has 17 heavy (non-hydrogen) atoms. The van der Waals surface area contributed by atoms with Crippen LogP contribution in [0.3, 0.4) is 0 Å². The molecule has 1 aromatic carbocycles. The number of ether oxygens (including phenoxy) is 1. The minimum atomic E-state index is -0.281. The predicted molar refractivity (Wildman–Crippen MR) is 68.7 cm³/mol. The first-order valence-electron chi connectivity index (χ1n) is 5.68. The summed E-state index contributed by atoms with van der Waals surface area (Å²) in [6, 6.07) is 5.58. The number of para-hydroxylation sites is 1. The van der Waals surface area contributed by atoms with Gasteiger partial charge in [-0.15, -0.1) is 0 Å². The molecule has 0 fully saturated rings. The number of rotatable bonds is 4. The van der Waals surface area contributed by atoms with Gasteiger partial charge >= 0.3 is 0 Å². The van der Waals surface area contributed by atoms with E-state index in [2.05, 4.69) is 12.1 Å². The summed E-state index contributed by atoms with van der Waals surface area (Å²) < 4.78 is 5.96. The maximum Gasteiger partial charge on any atom is 0.173 e. The van der Waals surface area contributed by atoms with Crippen LogP contribution < -0.4 is 10.5 Å². The lowest BCUT2D eigenvalue weighted by Crippen LogP contribution is -2.29. The van der Waals surface area contributed by atoms with Gasteiger partial charge < -0.3 is 15.7 Å². The highest BCUT2D eigenvalue weighted by Gasteiger charge is 2.21. The molecule has 94 valence electrons. The van der Waals surface area contributed by atoms with Crippen LogP contribution in [-0.4, -0.2) is 16.6 Å². The van der Waals surface area contributed by atoms with Crippen LogP contribution in [0.15, 0.2) is 23.4 Å². The Morgan fingerprint density at radius 3 is 2.65 bits per heavy atom. The van der Waals surface area contributed by atoms with Crippen molar-refractivity contribution >= 4 is 5.84 Å². The normalized spacial score (nSPS) is 12.6. The van der Waals surface area contributed by atoms with Gasteiger partial charge in [0.25, 0.3) is 0 Å². The standard InChI is InChI=1S/C13H20N2O2/c1-5-13(3,4)17-11-9(2)7-6-8-10(11)12(14)15-16/h6-8,16H,5H2,1-4H3,(H2,14,15). The molecule has 1 aromatic rings. The molecule has 0 heterocycles. The first kappa shape index (κ1) is 13.4. The Bertz CT molecular complexity index is 425. The number of oxime groups is 1. The molecule has 0 amide bonds. The van der Waals surface area contributed by atoms with Gasteiger partial charge in [0.15, 0.2) is 5.84 Å². The summed E-state index contributed by atoms with van der Waals surface area (Å²) in [7, 11) is 0. The number of aryl methyl sites for hydroxylation is 1. The molecule has 0 bridgehead atoms. The van der Waals surface area contributed by atoms with Crippen LogP contribution in [0.1, 0.15) is 38.3 Å². The molecule has 0 spiro atoms. The molecule has 3 N–H and O–H groups in total. The fourth-order valence-corrected chi connectivity index (χ4v) is 1.39. The van der Waals surface area contributed by atoms with E-state index in [4.69, 9.17) is 15.7 Å². The van der Waals surface area contributed by atoms with E-state index in [-0.39, 0.29) is 11.4 Å². The number of nitrogens with zero attached hydrogens (tertiary/aromatic N) is 1. The molecule has 0 radical (unpaired) electrons. The summed E-state index contributed by atoms with van der Waals surface area (Å²) in [5, 5.41) is 11.8. The van der Waals surface area contributed by atoms with Gasteiger partial charge in [0.2, 0.25) is 0 Å². The topological polar surface area (TPSA) is 67.8 Å². The molecule has 4 heteroatoms. The SMILES string of the molecule is CCC(C)(C)Oc1c(C)cccc1/C(N)=N/O. The highest BCUT2D eigenvalue weighted by molar-refractivity contribution is 5.99. The summed E-state index contributed by atoms with van der Waals surface area (Å²) in [6.45, 7) is 8.02. The van der Waals surface area contributed by atoms with E-state index >= 15 is 0 Å². The molecule has 1 rings (SSSR count). The zero-order chi connectivity index (χ0) is 13.1. The van der Waals surface area contributed by atoms with E-state index in [1.165, 1.54) is 0 Å². The van der Waals surface area contributed by atoms with E-state index in [0.29, 0.717) is 11.3 Å². The maximum absolute atomic E-state index is 8.77. The molecule has 0 aliphatic carbocycles. The second kappa shape index (κ2) is 5.08. The predicted octanol–water partition coefficient (Wildman–Crippen LogP) is 2.66. The Hall–Kier alpha value is -1.71. The highest BCUT2D eigenvalue weighted by atomic mass is 16.5. The van der Waals surface area contributed by atoms with E-state index in [1.807, 2.05) is 32.9 Å². The van der Waals surface area contributed by atoms with Crippen LogP contribution in [0, 0.1) is 6.92 Å². The lowest BCUT2D eigenvalue weighted by atomic mass is 10.0. The van der Waals surface area contributed by atoms with Gasteiger partial charge in [-0.3, -0.25) is 0 Å². The Kier molecular flexibility index (Phi) is 3.99. The van der Waals surface area contributed by atoms with Crippen LogP contribution >= 0.6 is 0 Å². The van der Waals surface area contributed by atoms with Gasteiger partial charge in [-0.25, -0.2) is 0 Å². The van der Waals surface area contributed by atoms with Gasteiger partial charge in [-0.2, -0.15) is 0 Å². The largest absolute Gasteiger partial charge is 0.487 e. The first-order chi connectivity index (χ1) is 7.91. The second-order valence-electron chi connectivity index (χ2n) is 4.65. The van der Waals surface area contributed by atoms with Gasteiger partial charge in [0.05, 0.1) is 5.56 Å². The van der Waals surface area contributed by atoms with Crippen molar-refractivity contribution in [2.24, 2.45) is 10.9 Å². The smallest absolute Gasteiger partial charge is 0.173 e. The first-order valence-corrected chi connectivity index (χ1v) is 5.68.